The van der Waals surface area contributed by atoms with E-state index in [-0.39, 0.29) is 0 Å². The molecule has 0 amide bonds. The van der Waals surface area contributed by atoms with E-state index in [2.05, 4.69) is 40.4 Å². The maximum atomic E-state index is 4.59. The minimum atomic E-state index is 0.592. The van der Waals surface area contributed by atoms with Gasteiger partial charge in [-0.2, -0.15) is 0 Å². The van der Waals surface area contributed by atoms with Gasteiger partial charge in [-0.05, 0) is 38.0 Å². The summed E-state index contributed by atoms with van der Waals surface area (Å²) < 4.78 is 0. The number of nitrogens with one attached hydrogen (secondary N) is 2. The molecule has 22 heavy (non-hydrogen) atoms. The average molecular weight is 311 g/mol. The Labute approximate surface area is 134 Å². The van der Waals surface area contributed by atoms with Crippen molar-refractivity contribution in [1.82, 2.24) is 9.97 Å². The molecule has 0 atom stereocenters. The summed E-state index contributed by atoms with van der Waals surface area (Å²) in [6, 6.07) is 7.12. The number of thiophene rings is 1. The number of fused-ring (bicyclic) bond motifs is 1. The first-order valence-corrected chi connectivity index (χ1v) is 8.92. The van der Waals surface area contributed by atoms with Crippen molar-refractivity contribution >= 4 is 28.1 Å². The molecule has 0 saturated heterocycles. The fourth-order valence-electron chi connectivity index (χ4n) is 3.38. The van der Waals surface area contributed by atoms with Gasteiger partial charge in [0.15, 0.2) is 0 Å². The molecule has 3 aromatic heterocycles. The highest BCUT2D eigenvalue weighted by Gasteiger charge is 2.18. The lowest BCUT2D eigenvalue weighted by Crippen LogP contribution is -2.22. The van der Waals surface area contributed by atoms with Crippen LogP contribution in [0.4, 0.5) is 5.69 Å². The second kappa shape index (κ2) is 5.76. The molecule has 0 bridgehead atoms. The second-order valence-corrected chi connectivity index (χ2v) is 7.46. The quantitative estimate of drug-likeness (QED) is 0.685. The molecule has 2 N–H and O–H groups in total. The summed E-state index contributed by atoms with van der Waals surface area (Å²) in [4.78, 5) is 10.5. The van der Waals surface area contributed by atoms with Crippen molar-refractivity contribution < 1.29 is 0 Å². The van der Waals surface area contributed by atoms with E-state index in [1.165, 1.54) is 58.5 Å². The standard InChI is InChI=1S/C18H21N3S/c1-12-7-8-16(22-12)15-11-20-18-14(9-10-19-18)17(15)21-13-5-3-2-4-6-13/h7-11,13H,2-6H2,1H3,(H2,19,20,21). The molecule has 3 heterocycles. The number of aromatic nitrogens is 2. The third-order valence-corrected chi connectivity index (χ3v) is 5.58. The average Bonchev–Trinajstić information content (AvgIpc) is 3.17. The van der Waals surface area contributed by atoms with E-state index in [4.69, 9.17) is 0 Å². The monoisotopic (exact) mass is 311 g/mol. The van der Waals surface area contributed by atoms with Gasteiger partial charge in [0.1, 0.15) is 5.65 Å². The number of aromatic amines is 1. The molecule has 114 valence electrons. The van der Waals surface area contributed by atoms with Gasteiger partial charge in [-0.15, -0.1) is 11.3 Å². The molecule has 4 heteroatoms. The molecule has 1 aliphatic carbocycles. The topological polar surface area (TPSA) is 40.7 Å². The van der Waals surface area contributed by atoms with Gasteiger partial charge >= 0.3 is 0 Å². The van der Waals surface area contributed by atoms with Crippen LogP contribution in [-0.2, 0) is 0 Å². The maximum Gasteiger partial charge on any atom is 0.139 e. The first-order valence-electron chi connectivity index (χ1n) is 8.11. The Morgan fingerprint density at radius 1 is 1.18 bits per heavy atom. The van der Waals surface area contributed by atoms with Gasteiger partial charge in [0.25, 0.3) is 0 Å². The predicted molar refractivity (Wildman–Crippen MR) is 94.6 cm³/mol. The Bertz CT molecular complexity index is 781. The fourth-order valence-corrected chi connectivity index (χ4v) is 4.26. The minimum Gasteiger partial charge on any atom is -0.381 e. The lowest BCUT2D eigenvalue weighted by Gasteiger charge is -2.25. The van der Waals surface area contributed by atoms with Gasteiger partial charge in [0.2, 0.25) is 0 Å². The van der Waals surface area contributed by atoms with Crippen molar-refractivity contribution in [1.29, 1.82) is 0 Å². The highest BCUT2D eigenvalue weighted by Crippen LogP contribution is 2.38. The van der Waals surface area contributed by atoms with Crippen molar-refractivity contribution in [3.8, 4) is 10.4 Å². The van der Waals surface area contributed by atoms with Gasteiger partial charge < -0.3 is 10.3 Å². The Hall–Kier alpha value is -1.81. The molecule has 0 aliphatic heterocycles. The summed E-state index contributed by atoms with van der Waals surface area (Å²) in [5.74, 6) is 0. The van der Waals surface area contributed by atoms with Crippen molar-refractivity contribution in [2.24, 2.45) is 0 Å². The lowest BCUT2D eigenvalue weighted by molar-refractivity contribution is 0.463. The number of anilines is 1. The van der Waals surface area contributed by atoms with E-state index in [1.807, 2.05) is 23.7 Å². The van der Waals surface area contributed by atoms with Crippen LogP contribution in [0, 0.1) is 6.92 Å². The zero-order valence-corrected chi connectivity index (χ0v) is 13.7. The van der Waals surface area contributed by atoms with Crippen LogP contribution in [0.15, 0.2) is 30.6 Å². The Morgan fingerprint density at radius 3 is 2.82 bits per heavy atom. The van der Waals surface area contributed by atoms with E-state index in [1.54, 1.807) is 0 Å². The van der Waals surface area contributed by atoms with E-state index in [9.17, 15) is 0 Å². The van der Waals surface area contributed by atoms with E-state index < -0.39 is 0 Å². The van der Waals surface area contributed by atoms with E-state index in [0.29, 0.717) is 6.04 Å². The number of rotatable bonds is 3. The number of hydrogen-bond acceptors (Lipinski definition) is 3. The Balaban J connectivity index is 1.79. The largest absolute Gasteiger partial charge is 0.381 e. The molecule has 0 unspecified atom stereocenters. The molecular weight excluding hydrogens is 290 g/mol. The number of hydrogen-bond donors (Lipinski definition) is 2. The van der Waals surface area contributed by atoms with Crippen LogP contribution >= 0.6 is 11.3 Å². The smallest absolute Gasteiger partial charge is 0.139 e. The number of aryl methyl sites for hydroxylation is 1. The number of H-pyrrole nitrogens is 1. The zero-order valence-electron chi connectivity index (χ0n) is 12.9. The minimum absolute atomic E-state index is 0.592. The summed E-state index contributed by atoms with van der Waals surface area (Å²) in [5, 5.41) is 5.04. The number of pyridine rings is 1. The molecule has 3 aromatic rings. The van der Waals surface area contributed by atoms with Crippen molar-refractivity contribution in [3.05, 3.63) is 35.5 Å². The summed E-state index contributed by atoms with van der Waals surface area (Å²) >= 11 is 1.84. The van der Waals surface area contributed by atoms with Crippen LogP contribution in [0.5, 0.6) is 0 Å². The van der Waals surface area contributed by atoms with Crippen LogP contribution < -0.4 is 5.32 Å². The van der Waals surface area contributed by atoms with Gasteiger partial charge in [-0.1, -0.05) is 19.3 Å². The first kappa shape index (κ1) is 13.8. The Kier molecular flexibility index (Phi) is 3.62. The third-order valence-electron chi connectivity index (χ3n) is 4.55. The van der Waals surface area contributed by atoms with Gasteiger partial charge in [0, 0.05) is 39.1 Å². The lowest BCUT2D eigenvalue weighted by atomic mass is 9.95. The summed E-state index contributed by atoms with van der Waals surface area (Å²) in [7, 11) is 0. The summed E-state index contributed by atoms with van der Waals surface area (Å²) in [6.07, 6.45) is 10.6. The highest BCUT2D eigenvalue weighted by atomic mass is 32.1. The van der Waals surface area contributed by atoms with E-state index in [0.717, 1.165) is 5.65 Å². The molecular formula is C18H21N3S. The van der Waals surface area contributed by atoms with Crippen molar-refractivity contribution in [2.45, 2.75) is 45.1 Å². The van der Waals surface area contributed by atoms with Gasteiger partial charge in [-0.3, -0.25) is 0 Å². The second-order valence-electron chi connectivity index (χ2n) is 6.18. The van der Waals surface area contributed by atoms with Crippen LogP contribution in [0.3, 0.4) is 0 Å². The molecule has 1 aliphatic rings. The predicted octanol–water partition coefficient (Wildman–Crippen LogP) is 5.34. The molecule has 0 aromatic carbocycles. The van der Waals surface area contributed by atoms with Crippen LogP contribution in [0.2, 0.25) is 0 Å². The van der Waals surface area contributed by atoms with Gasteiger partial charge in [-0.25, -0.2) is 4.98 Å². The molecule has 0 radical (unpaired) electrons. The van der Waals surface area contributed by atoms with Crippen LogP contribution in [0.1, 0.15) is 37.0 Å². The fraction of sp³-hybridized carbons (Fsp3) is 0.389. The van der Waals surface area contributed by atoms with E-state index >= 15 is 0 Å². The SMILES string of the molecule is Cc1ccc(-c2cnc3[nH]ccc3c2NC2CCCCC2)s1. The van der Waals surface area contributed by atoms with Crippen molar-refractivity contribution in [3.63, 3.8) is 0 Å². The molecule has 1 saturated carbocycles. The molecule has 0 spiro atoms. The zero-order chi connectivity index (χ0) is 14.9. The first-order chi connectivity index (χ1) is 10.8. The number of nitrogens with zero attached hydrogens (tertiary/aromatic N) is 1. The maximum absolute atomic E-state index is 4.59. The molecule has 4 rings (SSSR count). The molecule has 3 nitrogen and oxygen atoms in total. The Morgan fingerprint density at radius 2 is 2.05 bits per heavy atom. The molecule has 1 fully saturated rings. The summed E-state index contributed by atoms with van der Waals surface area (Å²) in [6.45, 7) is 2.16. The highest BCUT2D eigenvalue weighted by molar-refractivity contribution is 7.15. The van der Waals surface area contributed by atoms with Gasteiger partial charge in [0.05, 0.1) is 5.69 Å². The van der Waals surface area contributed by atoms with Crippen LogP contribution in [-0.4, -0.2) is 16.0 Å². The van der Waals surface area contributed by atoms with Crippen molar-refractivity contribution in [2.75, 3.05) is 5.32 Å². The normalized spacial score (nSPS) is 16.2. The summed E-state index contributed by atoms with van der Waals surface area (Å²) in [5.41, 5.74) is 3.45. The third kappa shape index (κ3) is 2.52. The van der Waals surface area contributed by atoms with Crippen LogP contribution in [0.25, 0.3) is 21.5 Å².